The number of carbonyl (C=O) groups excluding carboxylic acids is 9. The lowest BCUT2D eigenvalue weighted by atomic mass is 10.0. The molecule has 1 aliphatic rings. The van der Waals surface area contributed by atoms with Gasteiger partial charge in [0.15, 0.2) is 0 Å². The largest absolute Gasteiger partial charge is 0.393 e. The molecule has 1 heterocycles. The fourth-order valence-corrected chi connectivity index (χ4v) is 7.39. The molecule has 0 saturated carbocycles. The zero-order chi connectivity index (χ0) is 52.2. The van der Waals surface area contributed by atoms with Crippen LogP contribution in [0.25, 0.3) is 0 Å². The van der Waals surface area contributed by atoms with Gasteiger partial charge in [-0.05, 0) is 90.9 Å². The third-order valence-corrected chi connectivity index (χ3v) is 11.3. The molecule has 0 radical (unpaired) electrons. The van der Waals surface area contributed by atoms with Gasteiger partial charge in [0.1, 0.15) is 48.3 Å². The summed E-state index contributed by atoms with van der Waals surface area (Å²) in [5.41, 5.74) is 23.2. The van der Waals surface area contributed by atoms with Gasteiger partial charge in [-0.1, -0.05) is 52.9 Å². The molecule has 1 aliphatic heterocycles. The number of hydrogen-bond acceptors (Lipinski definition) is 16. The Hall–Kier alpha value is -5.05. The first-order chi connectivity index (χ1) is 32.6. The first-order valence-corrected chi connectivity index (χ1v) is 24.2. The van der Waals surface area contributed by atoms with E-state index in [1.807, 2.05) is 0 Å². The van der Waals surface area contributed by atoms with Gasteiger partial charge >= 0.3 is 0 Å². The maximum Gasteiger partial charge on any atom is 0.245 e. The van der Waals surface area contributed by atoms with Crippen molar-refractivity contribution in [2.24, 2.45) is 28.9 Å². The molecule has 25 heteroatoms. The molecule has 1 rings (SSSR count). The number of amides is 9. The van der Waals surface area contributed by atoms with Crippen molar-refractivity contribution in [2.45, 2.75) is 185 Å². The minimum absolute atomic E-state index is 0.00782. The fraction of sp³-hybridized carbons (Fsp3) is 0.795. The summed E-state index contributed by atoms with van der Waals surface area (Å²) in [4.78, 5) is 123. The van der Waals surface area contributed by atoms with E-state index in [0.717, 1.165) is 25.7 Å². The summed E-state index contributed by atoms with van der Waals surface area (Å²) in [6, 6.07) is -11.7. The van der Waals surface area contributed by atoms with E-state index in [2.05, 4.69) is 54.8 Å². The summed E-state index contributed by atoms with van der Waals surface area (Å²) >= 11 is 0. The average Bonchev–Trinajstić information content (AvgIpc) is 3.27. The minimum Gasteiger partial charge on any atom is -0.393 e. The summed E-state index contributed by atoms with van der Waals surface area (Å²) in [5.74, 6) is -8.31. The van der Waals surface area contributed by atoms with Crippen LogP contribution in [-0.4, -0.2) is 168 Å². The molecular weight excluding hydrogens is 903 g/mol. The standard InChI is InChI=1S/C44H83N13O12/c1-6-7-8-9-10-11-27(60)23-34(61)50-28(12-17-45)37(62)53-32-16-21-49-43(68)35(25(4)58)56-41(66)31(15-20-48)52-38(63)30(14-19-47)54-44(69)36(26(5)59)57-42(67)33(22-24(2)3)55-39(64)29(13-18-46)51-40(32)65/h24-33,35-36,58-60H,6-23,45-48H2,1-5H3,(H,49,68)(H,50,61)(H,51,65)(H,52,63)(H,53,62)(H,54,69)(H,55,64)(H,56,66)(H,57,67)/t25-,26-,27-,28-,29+,30+,31+,32+,33-,35+,36+/m1/s1. The summed E-state index contributed by atoms with van der Waals surface area (Å²) in [6.07, 6.45) is -0.231. The normalized spacial score (nSPS) is 24.8. The van der Waals surface area contributed by atoms with Gasteiger partial charge in [-0.15, -0.1) is 0 Å². The molecule has 9 amide bonds. The fourth-order valence-electron chi connectivity index (χ4n) is 7.39. The van der Waals surface area contributed by atoms with E-state index in [9.17, 15) is 58.5 Å². The Bertz CT molecular complexity index is 1660. The van der Waals surface area contributed by atoms with E-state index in [1.165, 1.54) is 13.8 Å². The van der Waals surface area contributed by atoms with Crippen molar-refractivity contribution < 1.29 is 58.5 Å². The van der Waals surface area contributed by atoms with Crippen LogP contribution in [0.15, 0.2) is 0 Å². The number of unbranched alkanes of at least 4 members (excludes halogenated alkanes) is 4. The Morgan fingerprint density at radius 1 is 0.594 bits per heavy atom. The van der Waals surface area contributed by atoms with Crippen LogP contribution in [0.5, 0.6) is 0 Å². The average molecular weight is 986 g/mol. The van der Waals surface area contributed by atoms with Crippen molar-refractivity contribution in [3.63, 3.8) is 0 Å². The molecule has 0 aliphatic carbocycles. The van der Waals surface area contributed by atoms with Crippen LogP contribution in [0.2, 0.25) is 0 Å². The van der Waals surface area contributed by atoms with E-state index < -0.39 is 120 Å². The van der Waals surface area contributed by atoms with E-state index in [4.69, 9.17) is 22.9 Å². The quantitative estimate of drug-likeness (QED) is 0.0425. The number of aliphatic hydroxyl groups is 3. The van der Waals surface area contributed by atoms with Crippen LogP contribution < -0.4 is 70.8 Å². The van der Waals surface area contributed by atoms with Gasteiger partial charge in [-0.25, -0.2) is 0 Å². The maximum atomic E-state index is 14.1. The van der Waals surface area contributed by atoms with Crippen molar-refractivity contribution in [3.05, 3.63) is 0 Å². The van der Waals surface area contributed by atoms with Crippen molar-refractivity contribution in [3.8, 4) is 0 Å². The third-order valence-electron chi connectivity index (χ3n) is 11.3. The molecular formula is C44H83N13O12. The van der Waals surface area contributed by atoms with Crippen LogP contribution >= 0.6 is 0 Å². The van der Waals surface area contributed by atoms with Crippen molar-refractivity contribution >= 4 is 53.2 Å². The lowest BCUT2D eigenvalue weighted by Gasteiger charge is -2.29. The molecule has 25 nitrogen and oxygen atoms in total. The molecule has 11 atom stereocenters. The summed E-state index contributed by atoms with van der Waals surface area (Å²) in [5, 5.41) is 54.3. The Morgan fingerprint density at radius 3 is 1.55 bits per heavy atom. The number of aliphatic hydroxyl groups excluding tert-OH is 3. The SMILES string of the molecule is CCCCCCC[C@@H](O)CC(=O)N[C@H](CCN)C(=O)N[C@H]1CCNC(=O)[C@H]([C@@H](C)O)NC(=O)[C@H](CCN)NC(=O)[C@H](CCN)NC(=O)[C@H]([C@@H](C)O)NC(=O)[C@@H](CC(C)C)NC(=O)[C@H](CCN)NC1=O. The van der Waals surface area contributed by atoms with Crippen molar-refractivity contribution in [2.75, 3.05) is 32.7 Å². The smallest absolute Gasteiger partial charge is 0.245 e. The molecule has 0 bridgehead atoms. The summed E-state index contributed by atoms with van der Waals surface area (Å²) in [7, 11) is 0. The second-order valence-electron chi connectivity index (χ2n) is 18.0. The molecule has 69 heavy (non-hydrogen) atoms. The predicted molar refractivity (Wildman–Crippen MR) is 255 cm³/mol. The number of carbonyl (C=O) groups is 9. The first kappa shape index (κ1) is 62.0. The molecule has 0 aromatic rings. The lowest BCUT2D eigenvalue weighted by Crippen LogP contribution is -2.62. The molecule has 396 valence electrons. The predicted octanol–water partition coefficient (Wildman–Crippen LogP) is -5.30. The van der Waals surface area contributed by atoms with E-state index in [-0.39, 0.29) is 83.6 Å². The van der Waals surface area contributed by atoms with Gasteiger partial charge in [0, 0.05) is 6.54 Å². The summed E-state index contributed by atoms with van der Waals surface area (Å²) < 4.78 is 0. The number of nitrogens with one attached hydrogen (secondary N) is 9. The second kappa shape index (κ2) is 33.5. The third kappa shape index (κ3) is 23.4. The highest BCUT2D eigenvalue weighted by molar-refractivity contribution is 5.98. The van der Waals surface area contributed by atoms with Gasteiger partial charge in [0.25, 0.3) is 0 Å². The van der Waals surface area contributed by atoms with E-state index in [1.54, 1.807) is 13.8 Å². The van der Waals surface area contributed by atoms with E-state index >= 15 is 0 Å². The number of rotatable bonds is 23. The molecule has 1 fully saturated rings. The molecule has 0 aromatic heterocycles. The number of hydrogen-bond donors (Lipinski definition) is 16. The highest BCUT2D eigenvalue weighted by Crippen LogP contribution is 2.11. The topological polar surface area (TPSA) is 427 Å². The van der Waals surface area contributed by atoms with Crippen LogP contribution in [0.1, 0.15) is 118 Å². The maximum absolute atomic E-state index is 14.1. The summed E-state index contributed by atoms with van der Waals surface area (Å²) in [6.45, 7) is 7.12. The lowest BCUT2D eigenvalue weighted by molar-refractivity contribution is -0.137. The van der Waals surface area contributed by atoms with Crippen molar-refractivity contribution in [1.29, 1.82) is 0 Å². The van der Waals surface area contributed by atoms with Crippen LogP contribution in [0.3, 0.4) is 0 Å². The highest BCUT2D eigenvalue weighted by Gasteiger charge is 2.37. The molecule has 0 aromatic carbocycles. The van der Waals surface area contributed by atoms with Crippen LogP contribution in [0, 0.1) is 5.92 Å². The Labute approximate surface area is 405 Å². The van der Waals surface area contributed by atoms with Gasteiger partial charge < -0.3 is 86.1 Å². The van der Waals surface area contributed by atoms with E-state index in [0.29, 0.717) is 12.8 Å². The van der Waals surface area contributed by atoms with Gasteiger partial charge in [0.2, 0.25) is 53.2 Å². The number of nitrogens with two attached hydrogens (primary N) is 4. The monoisotopic (exact) mass is 986 g/mol. The van der Waals surface area contributed by atoms with Gasteiger partial charge in [-0.3, -0.25) is 43.2 Å². The van der Waals surface area contributed by atoms with Crippen molar-refractivity contribution in [1.82, 2.24) is 47.9 Å². The Morgan fingerprint density at radius 2 is 1.06 bits per heavy atom. The van der Waals surface area contributed by atoms with Crippen LogP contribution in [0.4, 0.5) is 0 Å². The van der Waals surface area contributed by atoms with Gasteiger partial charge in [-0.2, -0.15) is 0 Å². The first-order valence-electron chi connectivity index (χ1n) is 24.2. The zero-order valence-corrected chi connectivity index (χ0v) is 41.0. The molecule has 20 N–H and O–H groups in total. The highest BCUT2D eigenvalue weighted by atomic mass is 16.3. The van der Waals surface area contributed by atoms with Crippen LogP contribution in [-0.2, 0) is 43.2 Å². The zero-order valence-electron chi connectivity index (χ0n) is 41.0. The van der Waals surface area contributed by atoms with Gasteiger partial charge in [0.05, 0.1) is 24.7 Å². The molecule has 1 saturated heterocycles. The Kier molecular flexibility index (Phi) is 30.1. The molecule has 0 spiro atoms. The minimum atomic E-state index is -1.69. The second-order valence-corrected chi connectivity index (χ2v) is 18.0. The molecule has 0 unspecified atom stereocenters. The Balaban J connectivity index is 3.74.